The number of nitrogens with zero attached hydrogens (tertiary/aromatic N) is 4. The fraction of sp³-hybridized carbons (Fsp3) is 0.348. The van der Waals surface area contributed by atoms with Crippen LogP contribution >= 0.6 is 0 Å². The molecule has 0 saturated carbocycles. The topological polar surface area (TPSA) is 63.1 Å². The van der Waals surface area contributed by atoms with Gasteiger partial charge in [-0.1, -0.05) is 18.2 Å². The van der Waals surface area contributed by atoms with Gasteiger partial charge in [-0.3, -0.25) is 9.69 Å². The minimum Gasteiger partial charge on any atom is -0.346 e. The molecule has 0 bridgehead atoms. The average molecular weight is 461 g/mol. The zero-order chi connectivity index (χ0) is 23.6. The maximum absolute atomic E-state index is 13.2. The highest BCUT2D eigenvalue weighted by molar-refractivity contribution is 5.90. The van der Waals surface area contributed by atoms with Gasteiger partial charge >= 0.3 is 6.18 Å². The Kier molecular flexibility index (Phi) is 6.46. The lowest BCUT2D eigenvalue weighted by atomic mass is 10.0. The van der Waals surface area contributed by atoms with Crippen molar-refractivity contribution in [2.45, 2.75) is 38.5 Å². The molecule has 0 radical (unpaired) electrons. The van der Waals surface area contributed by atoms with Crippen molar-refractivity contribution in [1.82, 2.24) is 25.0 Å². The summed E-state index contributed by atoms with van der Waals surface area (Å²) < 4.78 is 53.4. The van der Waals surface area contributed by atoms with E-state index < -0.39 is 17.6 Å². The summed E-state index contributed by atoms with van der Waals surface area (Å²) in [6.07, 6.45) is -3.02. The molecule has 0 atom stereocenters. The second-order valence-corrected chi connectivity index (χ2v) is 8.09. The number of carbonyl (C=O) groups is 1. The molecule has 10 heteroatoms. The molecule has 174 valence electrons. The number of hydrogen-bond acceptors (Lipinski definition) is 4. The van der Waals surface area contributed by atoms with E-state index in [1.165, 1.54) is 28.9 Å². The molecular formula is C23H23F4N5O. The van der Waals surface area contributed by atoms with Gasteiger partial charge in [0.2, 0.25) is 5.82 Å². The van der Waals surface area contributed by atoms with Crippen LogP contribution in [0.25, 0.3) is 5.69 Å². The van der Waals surface area contributed by atoms with Crippen molar-refractivity contribution in [1.29, 1.82) is 0 Å². The minimum atomic E-state index is -4.36. The van der Waals surface area contributed by atoms with E-state index in [-0.39, 0.29) is 17.7 Å². The number of carbonyl (C=O) groups excluding carboxylic acids is 1. The second-order valence-electron chi connectivity index (χ2n) is 8.09. The Morgan fingerprint density at radius 3 is 2.48 bits per heavy atom. The number of amides is 1. The maximum Gasteiger partial charge on any atom is 0.416 e. The molecule has 6 nitrogen and oxygen atoms in total. The van der Waals surface area contributed by atoms with Gasteiger partial charge in [0.25, 0.3) is 5.91 Å². The van der Waals surface area contributed by atoms with Crippen LogP contribution in [-0.4, -0.2) is 44.7 Å². The third-order valence-corrected chi connectivity index (χ3v) is 5.63. The molecule has 0 aliphatic carbocycles. The minimum absolute atomic E-state index is 0.0308. The van der Waals surface area contributed by atoms with Gasteiger partial charge < -0.3 is 5.32 Å². The first kappa shape index (κ1) is 22.9. The Labute approximate surface area is 188 Å². The normalized spacial score (nSPS) is 15.5. The largest absolute Gasteiger partial charge is 0.416 e. The number of likely N-dealkylation sites (tertiary alicyclic amines) is 1. The lowest BCUT2D eigenvalue weighted by Gasteiger charge is -2.32. The fourth-order valence-corrected chi connectivity index (χ4v) is 3.90. The molecule has 1 fully saturated rings. The molecule has 1 aliphatic heterocycles. The number of piperidine rings is 1. The lowest BCUT2D eigenvalue weighted by Crippen LogP contribution is -2.44. The van der Waals surface area contributed by atoms with Crippen LogP contribution in [-0.2, 0) is 12.7 Å². The molecule has 1 amide bonds. The van der Waals surface area contributed by atoms with Crippen molar-refractivity contribution in [2.75, 3.05) is 13.1 Å². The van der Waals surface area contributed by atoms with Gasteiger partial charge in [0.05, 0.1) is 11.3 Å². The fourth-order valence-electron chi connectivity index (χ4n) is 3.90. The van der Waals surface area contributed by atoms with Gasteiger partial charge in [0.1, 0.15) is 11.6 Å². The Bertz CT molecular complexity index is 1120. The van der Waals surface area contributed by atoms with Crippen molar-refractivity contribution >= 4 is 5.91 Å². The number of rotatable bonds is 5. The van der Waals surface area contributed by atoms with Gasteiger partial charge in [-0.2, -0.15) is 13.2 Å². The second kappa shape index (κ2) is 9.30. The number of nitrogens with one attached hydrogen (secondary N) is 1. The number of aryl methyl sites for hydroxylation is 1. The molecular weight excluding hydrogens is 438 g/mol. The van der Waals surface area contributed by atoms with Gasteiger partial charge in [-0.25, -0.2) is 14.1 Å². The summed E-state index contributed by atoms with van der Waals surface area (Å²) in [4.78, 5) is 18.9. The molecule has 1 aromatic heterocycles. The van der Waals surface area contributed by atoms with E-state index in [4.69, 9.17) is 0 Å². The summed E-state index contributed by atoms with van der Waals surface area (Å²) in [6.45, 7) is 3.43. The zero-order valence-electron chi connectivity index (χ0n) is 17.9. The maximum atomic E-state index is 13.2. The first-order valence-electron chi connectivity index (χ1n) is 10.6. The predicted octanol–water partition coefficient (Wildman–Crippen LogP) is 4.13. The number of halogens is 4. The molecule has 1 saturated heterocycles. The third-order valence-electron chi connectivity index (χ3n) is 5.63. The smallest absolute Gasteiger partial charge is 0.346 e. The summed E-state index contributed by atoms with van der Waals surface area (Å²) >= 11 is 0. The Hall–Kier alpha value is -3.27. The molecule has 3 aromatic rings. The van der Waals surface area contributed by atoms with E-state index in [9.17, 15) is 22.4 Å². The number of aromatic nitrogens is 3. The standard InChI is InChI=1S/C23H23F4N5O/c1-15-28-21(30-32(15)20-7-5-18(24)6-8-20)22(33)29-19-9-11-31(12-10-19)14-16-3-2-4-17(13-16)23(25,26)27/h2-8,13,19H,9-12,14H2,1H3,(H,29,33). The van der Waals surface area contributed by atoms with Crippen LogP contribution in [0.15, 0.2) is 48.5 Å². The van der Waals surface area contributed by atoms with Crippen molar-refractivity contribution in [3.8, 4) is 5.69 Å². The molecule has 2 aromatic carbocycles. The Balaban J connectivity index is 1.32. The highest BCUT2D eigenvalue weighted by Crippen LogP contribution is 2.30. The van der Waals surface area contributed by atoms with Gasteiger partial charge in [-0.05, 0) is 55.7 Å². The molecule has 1 N–H and O–H groups in total. The highest BCUT2D eigenvalue weighted by atomic mass is 19.4. The van der Waals surface area contributed by atoms with Gasteiger partial charge in [-0.15, -0.1) is 5.10 Å². The summed E-state index contributed by atoms with van der Waals surface area (Å²) in [5.74, 6) is -0.227. The zero-order valence-corrected chi connectivity index (χ0v) is 17.9. The SMILES string of the molecule is Cc1nc(C(=O)NC2CCN(Cc3cccc(C(F)(F)F)c3)CC2)nn1-c1ccc(F)cc1. The van der Waals surface area contributed by atoms with E-state index in [2.05, 4.69) is 20.3 Å². The predicted molar refractivity (Wildman–Crippen MR) is 113 cm³/mol. The highest BCUT2D eigenvalue weighted by Gasteiger charge is 2.30. The van der Waals surface area contributed by atoms with Gasteiger partial charge in [0.15, 0.2) is 0 Å². The van der Waals surface area contributed by atoms with E-state index >= 15 is 0 Å². The molecule has 1 aliphatic rings. The number of hydrogen-bond donors (Lipinski definition) is 1. The van der Waals surface area contributed by atoms with E-state index in [1.54, 1.807) is 25.1 Å². The van der Waals surface area contributed by atoms with Crippen molar-refractivity contribution in [3.05, 3.63) is 77.1 Å². The lowest BCUT2D eigenvalue weighted by molar-refractivity contribution is -0.137. The first-order chi connectivity index (χ1) is 15.7. The van der Waals surface area contributed by atoms with Crippen molar-refractivity contribution in [2.24, 2.45) is 0 Å². The summed E-state index contributed by atoms with van der Waals surface area (Å²) in [7, 11) is 0. The van der Waals surface area contributed by atoms with Crippen molar-refractivity contribution in [3.63, 3.8) is 0 Å². The van der Waals surface area contributed by atoms with Crippen LogP contribution in [0, 0.1) is 12.7 Å². The van der Waals surface area contributed by atoms with Crippen molar-refractivity contribution < 1.29 is 22.4 Å². The Morgan fingerprint density at radius 2 is 1.82 bits per heavy atom. The molecule has 0 spiro atoms. The van der Waals surface area contributed by atoms with Crippen LogP contribution in [0.4, 0.5) is 17.6 Å². The van der Waals surface area contributed by atoms with Crippen LogP contribution in [0.3, 0.4) is 0 Å². The van der Waals surface area contributed by atoms with E-state index in [0.717, 1.165) is 6.07 Å². The van der Waals surface area contributed by atoms with Crippen LogP contribution in [0.1, 0.15) is 40.4 Å². The summed E-state index contributed by atoms with van der Waals surface area (Å²) in [6, 6.07) is 11.0. The van der Waals surface area contributed by atoms with E-state index in [0.29, 0.717) is 49.6 Å². The molecule has 4 rings (SSSR count). The van der Waals surface area contributed by atoms with Gasteiger partial charge in [0, 0.05) is 25.7 Å². The average Bonchev–Trinajstić information content (AvgIpc) is 3.17. The number of alkyl halides is 3. The quantitative estimate of drug-likeness (QED) is 0.581. The molecule has 2 heterocycles. The molecule has 0 unspecified atom stereocenters. The van der Waals surface area contributed by atoms with Crippen LogP contribution in [0.5, 0.6) is 0 Å². The summed E-state index contributed by atoms with van der Waals surface area (Å²) in [5.41, 5.74) is 0.562. The van der Waals surface area contributed by atoms with Crippen LogP contribution in [0.2, 0.25) is 0 Å². The third kappa shape index (κ3) is 5.57. The van der Waals surface area contributed by atoms with E-state index in [1.807, 2.05) is 0 Å². The monoisotopic (exact) mass is 461 g/mol. The first-order valence-corrected chi connectivity index (χ1v) is 10.6. The molecule has 33 heavy (non-hydrogen) atoms. The Morgan fingerprint density at radius 1 is 1.12 bits per heavy atom. The van der Waals surface area contributed by atoms with Crippen LogP contribution < -0.4 is 5.32 Å². The number of benzene rings is 2. The summed E-state index contributed by atoms with van der Waals surface area (Å²) in [5, 5.41) is 7.18.